The van der Waals surface area contributed by atoms with Crippen LogP contribution in [0.5, 0.6) is 11.5 Å². The first-order valence-corrected chi connectivity index (χ1v) is 7.42. The van der Waals surface area contributed by atoms with Gasteiger partial charge in [0.25, 0.3) is 5.69 Å². The highest BCUT2D eigenvalue weighted by Gasteiger charge is 2.31. The maximum atomic E-state index is 12.3. The summed E-state index contributed by atoms with van der Waals surface area (Å²) >= 11 is 12.0. The number of nitro benzene ring substituents is 1. The van der Waals surface area contributed by atoms with E-state index in [0.29, 0.717) is 5.56 Å². The van der Waals surface area contributed by atoms with Gasteiger partial charge in [-0.15, -0.1) is 13.2 Å². The van der Waals surface area contributed by atoms with E-state index in [2.05, 4.69) is 4.74 Å². The van der Waals surface area contributed by atoms with Gasteiger partial charge in [0.05, 0.1) is 17.1 Å². The first-order valence-electron chi connectivity index (χ1n) is 6.66. The highest BCUT2D eigenvalue weighted by molar-refractivity contribution is 6.39. The van der Waals surface area contributed by atoms with Crippen molar-refractivity contribution in [2.75, 3.05) is 7.11 Å². The van der Waals surface area contributed by atoms with E-state index >= 15 is 0 Å². The van der Waals surface area contributed by atoms with Crippen LogP contribution in [-0.4, -0.2) is 18.4 Å². The second-order valence-corrected chi connectivity index (χ2v) is 5.60. The number of hydrogen-bond acceptors (Lipinski definition) is 4. The Morgan fingerprint density at radius 3 is 2.44 bits per heavy atom. The molecule has 2 rings (SSSR count). The van der Waals surface area contributed by atoms with Gasteiger partial charge in [-0.05, 0) is 29.7 Å². The van der Waals surface area contributed by atoms with Gasteiger partial charge in [0, 0.05) is 6.07 Å². The Morgan fingerprint density at radius 2 is 1.88 bits per heavy atom. The van der Waals surface area contributed by atoms with E-state index in [4.69, 9.17) is 27.9 Å². The van der Waals surface area contributed by atoms with Crippen molar-refractivity contribution in [2.24, 2.45) is 0 Å². The predicted molar refractivity (Wildman–Crippen MR) is 85.6 cm³/mol. The van der Waals surface area contributed by atoms with E-state index in [0.717, 1.165) is 18.2 Å². The molecule has 0 unspecified atom stereocenters. The Bertz CT molecular complexity index is 812. The zero-order valence-corrected chi connectivity index (χ0v) is 14.1. The zero-order chi connectivity index (χ0) is 18.8. The van der Waals surface area contributed by atoms with Crippen LogP contribution in [0.25, 0.3) is 0 Å². The highest BCUT2D eigenvalue weighted by Crippen LogP contribution is 2.42. The maximum Gasteiger partial charge on any atom is 0.573 e. The van der Waals surface area contributed by atoms with E-state index in [1.165, 1.54) is 19.2 Å². The Hall–Kier alpha value is -2.19. The Balaban J connectivity index is 2.42. The summed E-state index contributed by atoms with van der Waals surface area (Å²) in [6, 6.07) is 6.36. The lowest BCUT2D eigenvalue weighted by Crippen LogP contribution is -2.17. The van der Waals surface area contributed by atoms with Crippen LogP contribution in [0, 0.1) is 10.1 Å². The third-order valence-electron chi connectivity index (χ3n) is 3.14. The summed E-state index contributed by atoms with van der Waals surface area (Å²) in [5, 5.41) is 10.9. The quantitative estimate of drug-likeness (QED) is 0.502. The van der Waals surface area contributed by atoms with Crippen LogP contribution in [-0.2, 0) is 6.42 Å². The van der Waals surface area contributed by atoms with Gasteiger partial charge in [-0.3, -0.25) is 10.1 Å². The number of benzene rings is 2. The molecule has 5 nitrogen and oxygen atoms in total. The van der Waals surface area contributed by atoms with E-state index in [-0.39, 0.29) is 27.8 Å². The molecule has 0 atom stereocenters. The summed E-state index contributed by atoms with van der Waals surface area (Å²) in [6.45, 7) is 0. The molecule has 0 N–H and O–H groups in total. The van der Waals surface area contributed by atoms with E-state index in [1.54, 1.807) is 0 Å². The Morgan fingerprint density at radius 1 is 1.20 bits per heavy atom. The number of hydrogen-bond donors (Lipinski definition) is 0. The number of rotatable bonds is 5. The fraction of sp³-hybridized carbons (Fsp3) is 0.200. The first kappa shape index (κ1) is 19.1. The summed E-state index contributed by atoms with van der Waals surface area (Å²) in [5.41, 5.74) is 0.265. The topological polar surface area (TPSA) is 61.6 Å². The van der Waals surface area contributed by atoms with Crippen molar-refractivity contribution < 1.29 is 27.6 Å². The van der Waals surface area contributed by atoms with Crippen molar-refractivity contribution in [3.63, 3.8) is 0 Å². The molecule has 0 amide bonds. The minimum atomic E-state index is -4.82. The van der Waals surface area contributed by atoms with Crippen LogP contribution in [0.2, 0.25) is 10.0 Å². The molecule has 0 radical (unpaired) electrons. The number of nitrogens with zero attached hydrogens (tertiary/aromatic N) is 1. The lowest BCUT2D eigenvalue weighted by molar-refractivity contribution is -0.384. The predicted octanol–water partition coefficient (Wildman–Crippen LogP) is 5.40. The van der Waals surface area contributed by atoms with E-state index < -0.39 is 22.7 Å². The summed E-state index contributed by atoms with van der Waals surface area (Å²) in [4.78, 5) is 10.4. The molecule has 0 aliphatic heterocycles. The standard InChI is InChI=1S/C15H10Cl2F3NO4/c1-24-14-12(16)9(7-11(13(14)17)21(22)23)5-8-3-2-4-10(6-8)25-15(18,19)20/h2-4,6-7H,5H2,1H3. The van der Waals surface area contributed by atoms with Gasteiger partial charge in [-0.25, -0.2) is 0 Å². The molecular weight excluding hydrogens is 386 g/mol. The molecule has 0 aliphatic carbocycles. The lowest BCUT2D eigenvalue weighted by atomic mass is 10.0. The van der Waals surface area contributed by atoms with Crippen LogP contribution in [0.3, 0.4) is 0 Å². The maximum absolute atomic E-state index is 12.3. The average molecular weight is 396 g/mol. The van der Waals surface area contributed by atoms with Crippen molar-refractivity contribution in [3.8, 4) is 11.5 Å². The molecule has 0 fully saturated rings. The van der Waals surface area contributed by atoms with Crippen LogP contribution >= 0.6 is 23.2 Å². The van der Waals surface area contributed by atoms with E-state index in [9.17, 15) is 23.3 Å². The molecule has 0 aliphatic rings. The summed E-state index contributed by atoms with van der Waals surface area (Å²) in [6.07, 6.45) is -4.80. The van der Waals surface area contributed by atoms with Gasteiger partial charge in [-0.2, -0.15) is 0 Å². The zero-order valence-electron chi connectivity index (χ0n) is 12.6. The number of alkyl halides is 3. The molecule has 0 heterocycles. The average Bonchev–Trinajstić information content (AvgIpc) is 2.49. The molecule has 0 aromatic heterocycles. The van der Waals surface area contributed by atoms with Gasteiger partial charge < -0.3 is 9.47 Å². The second kappa shape index (κ2) is 7.37. The molecular formula is C15H10Cl2F3NO4. The second-order valence-electron chi connectivity index (χ2n) is 4.85. The van der Waals surface area contributed by atoms with Crippen molar-refractivity contribution in [1.29, 1.82) is 0 Å². The third-order valence-corrected chi connectivity index (χ3v) is 3.92. The smallest absolute Gasteiger partial charge is 0.493 e. The molecule has 10 heteroatoms. The fourth-order valence-electron chi connectivity index (χ4n) is 2.16. The molecule has 2 aromatic carbocycles. The molecule has 0 saturated carbocycles. The minimum Gasteiger partial charge on any atom is -0.493 e. The summed E-state index contributed by atoms with van der Waals surface area (Å²) < 4.78 is 45.7. The number of methoxy groups -OCH3 is 1. The van der Waals surface area contributed by atoms with Crippen LogP contribution in [0.4, 0.5) is 18.9 Å². The van der Waals surface area contributed by atoms with Crippen molar-refractivity contribution in [2.45, 2.75) is 12.8 Å². The van der Waals surface area contributed by atoms with Gasteiger partial charge in [0.2, 0.25) is 0 Å². The van der Waals surface area contributed by atoms with Crippen molar-refractivity contribution in [1.82, 2.24) is 0 Å². The van der Waals surface area contributed by atoms with Crippen LogP contribution in [0.15, 0.2) is 30.3 Å². The van der Waals surface area contributed by atoms with E-state index in [1.807, 2.05) is 0 Å². The SMILES string of the molecule is COc1c(Cl)c(Cc2cccc(OC(F)(F)F)c2)cc([N+](=O)[O-])c1Cl. The molecule has 2 aromatic rings. The number of ether oxygens (including phenoxy) is 2. The summed E-state index contributed by atoms with van der Waals surface area (Å²) in [7, 11) is 1.25. The normalized spacial score (nSPS) is 11.3. The van der Waals surface area contributed by atoms with Crippen LogP contribution < -0.4 is 9.47 Å². The lowest BCUT2D eigenvalue weighted by Gasteiger charge is -2.13. The fourth-order valence-corrected chi connectivity index (χ4v) is 2.80. The Kier molecular flexibility index (Phi) is 5.64. The molecule has 0 saturated heterocycles. The summed E-state index contributed by atoms with van der Waals surface area (Å²) in [5.74, 6) is -0.480. The Labute approximate surface area is 150 Å². The van der Waals surface area contributed by atoms with Gasteiger partial charge in [-0.1, -0.05) is 35.3 Å². The molecule has 134 valence electrons. The first-order chi connectivity index (χ1) is 11.6. The van der Waals surface area contributed by atoms with Gasteiger partial charge in [0.1, 0.15) is 5.75 Å². The van der Waals surface area contributed by atoms with Gasteiger partial charge >= 0.3 is 6.36 Å². The molecule has 0 spiro atoms. The van der Waals surface area contributed by atoms with Crippen molar-refractivity contribution in [3.05, 3.63) is 61.6 Å². The number of halogens is 5. The monoisotopic (exact) mass is 395 g/mol. The van der Waals surface area contributed by atoms with Crippen molar-refractivity contribution >= 4 is 28.9 Å². The highest BCUT2D eigenvalue weighted by atomic mass is 35.5. The largest absolute Gasteiger partial charge is 0.573 e. The molecule has 25 heavy (non-hydrogen) atoms. The van der Waals surface area contributed by atoms with Gasteiger partial charge in [0.15, 0.2) is 10.8 Å². The molecule has 0 bridgehead atoms. The minimum absolute atomic E-state index is 0.0161. The number of nitro groups is 1. The third kappa shape index (κ3) is 4.67. The van der Waals surface area contributed by atoms with Crippen LogP contribution in [0.1, 0.15) is 11.1 Å².